The summed E-state index contributed by atoms with van der Waals surface area (Å²) in [5.74, 6) is 1.11. The van der Waals surface area contributed by atoms with Crippen LogP contribution in [0, 0.1) is 11.8 Å². The lowest BCUT2D eigenvalue weighted by Gasteiger charge is -2.25. The van der Waals surface area contributed by atoms with E-state index in [1.807, 2.05) is 52.0 Å². The average molecular weight is 333 g/mol. The Morgan fingerprint density at radius 2 is 1.79 bits per heavy atom. The molecule has 0 aliphatic carbocycles. The Bertz CT molecular complexity index is 558. The van der Waals surface area contributed by atoms with Crippen molar-refractivity contribution in [3.05, 3.63) is 29.8 Å². The summed E-state index contributed by atoms with van der Waals surface area (Å²) in [6.07, 6.45) is 0. The number of carbonyl (C=O) groups excluding carboxylic acids is 1. The highest BCUT2D eigenvalue weighted by Gasteiger charge is 2.37. The van der Waals surface area contributed by atoms with Gasteiger partial charge in [-0.1, -0.05) is 25.1 Å². The molecule has 3 atom stereocenters. The summed E-state index contributed by atoms with van der Waals surface area (Å²) in [5.41, 5.74) is 7.16. The fourth-order valence-corrected chi connectivity index (χ4v) is 3.35. The Labute approximate surface area is 145 Å². The van der Waals surface area contributed by atoms with Gasteiger partial charge in [-0.05, 0) is 40.7 Å². The van der Waals surface area contributed by atoms with Crippen molar-refractivity contribution in [3.63, 3.8) is 0 Å². The lowest BCUT2D eigenvalue weighted by Crippen LogP contribution is -2.39. The lowest BCUT2D eigenvalue weighted by molar-refractivity contribution is -0.126. The molecule has 0 spiro atoms. The van der Waals surface area contributed by atoms with Crippen LogP contribution in [0.2, 0.25) is 0 Å². The van der Waals surface area contributed by atoms with Crippen LogP contribution in [0.25, 0.3) is 0 Å². The van der Waals surface area contributed by atoms with E-state index in [2.05, 4.69) is 30.0 Å². The molecule has 0 aromatic heterocycles. The van der Waals surface area contributed by atoms with Crippen LogP contribution < -0.4 is 20.9 Å². The third-order valence-electron chi connectivity index (χ3n) is 4.53. The van der Waals surface area contributed by atoms with E-state index in [-0.39, 0.29) is 35.4 Å². The minimum atomic E-state index is -0.264. The molecule has 1 amide bonds. The lowest BCUT2D eigenvalue weighted by atomic mass is 9.84. The molecular weight excluding hydrogens is 302 g/mol. The smallest absolute Gasteiger partial charge is 0.223 e. The minimum Gasteiger partial charge on any atom is -0.488 e. The molecule has 5 heteroatoms. The van der Waals surface area contributed by atoms with Gasteiger partial charge >= 0.3 is 0 Å². The van der Waals surface area contributed by atoms with E-state index >= 15 is 0 Å². The van der Waals surface area contributed by atoms with Gasteiger partial charge in [-0.2, -0.15) is 0 Å². The molecule has 1 aliphatic heterocycles. The summed E-state index contributed by atoms with van der Waals surface area (Å²) < 4.78 is 5.99. The first-order valence-electron chi connectivity index (χ1n) is 8.74. The van der Waals surface area contributed by atoms with Crippen molar-refractivity contribution < 1.29 is 9.53 Å². The maximum atomic E-state index is 12.6. The van der Waals surface area contributed by atoms with Gasteiger partial charge in [0.2, 0.25) is 5.91 Å². The Kier molecular flexibility index (Phi) is 5.88. The van der Waals surface area contributed by atoms with Gasteiger partial charge in [0.15, 0.2) is 0 Å². The van der Waals surface area contributed by atoms with E-state index in [4.69, 9.17) is 4.74 Å². The molecular formula is C19H31N3O2. The zero-order chi connectivity index (χ0) is 17.9. The maximum absolute atomic E-state index is 12.6. The summed E-state index contributed by atoms with van der Waals surface area (Å²) in [5, 5.41) is 3.07. The summed E-state index contributed by atoms with van der Waals surface area (Å²) >= 11 is 0. The molecule has 3 unspecified atom stereocenters. The van der Waals surface area contributed by atoms with E-state index in [0.717, 1.165) is 11.3 Å². The second-order valence-electron chi connectivity index (χ2n) is 7.77. The second kappa shape index (κ2) is 7.53. The zero-order valence-electron chi connectivity index (χ0n) is 15.6. The number of rotatable bonds is 5. The maximum Gasteiger partial charge on any atom is 0.223 e. The molecule has 24 heavy (non-hydrogen) atoms. The molecule has 0 bridgehead atoms. The van der Waals surface area contributed by atoms with Gasteiger partial charge in [-0.25, -0.2) is 0 Å². The number of hydrogen-bond acceptors (Lipinski definition) is 4. The number of nitrogens with one attached hydrogen (secondary N) is 3. The zero-order valence-corrected chi connectivity index (χ0v) is 15.6. The van der Waals surface area contributed by atoms with Crippen molar-refractivity contribution >= 4 is 5.91 Å². The van der Waals surface area contributed by atoms with Crippen LogP contribution in [0.15, 0.2) is 24.3 Å². The third kappa shape index (κ3) is 4.71. The van der Waals surface area contributed by atoms with Crippen LogP contribution in [0.3, 0.4) is 0 Å². The van der Waals surface area contributed by atoms with Crippen molar-refractivity contribution in [1.29, 1.82) is 0 Å². The van der Waals surface area contributed by atoms with E-state index in [1.54, 1.807) is 0 Å². The summed E-state index contributed by atoms with van der Waals surface area (Å²) in [7, 11) is 0. The molecule has 2 rings (SSSR count). The number of hydrazine groups is 1. The molecule has 134 valence electrons. The summed E-state index contributed by atoms with van der Waals surface area (Å²) in [6.45, 7) is 12.8. The van der Waals surface area contributed by atoms with Gasteiger partial charge in [0, 0.05) is 36.0 Å². The highest BCUT2D eigenvalue weighted by Crippen LogP contribution is 2.25. The van der Waals surface area contributed by atoms with Crippen molar-refractivity contribution in [2.24, 2.45) is 11.8 Å². The van der Waals surface area contributed by atoms with Gasteiger partial charge in [-0.15, -0.1) is 0 Å². The summed E-state index contributed by atoms with van der Waals surface area (Å²) in [4.78, 5) is 12.6. The van der Waals surface area contributed by atoms with Crippen molar-refractivity contribution in [3.8, 4) is 5.75 Å². The normalized spacial score (nSPS) is 25.3. The first kappa shape index (κ1) is 18.7. The number of para-hydroxylation sites is 1. The van der Waals surface area contributed by atoms with Gasteiger partial charge in [-0.3, -0.25) is 15.6 Å². The Balaban J connectivity index is 1.99. The molecule has 1 aromatic rings. The van der Waals surface area contributed by atoms with Gasteiger partial charge in [0.1, 0.15) is 11.4 Å². The standard InChI is InChI=1S/C19H31N3O2/c1-12(17-13(2)21-22-14(17)3)18(23)20-11-15-9-7-8-10-16(15)24-19(4,5)6/h7-10,12-14,17,21-22H,11H2,1-6H3,(H,20,23). The van der Waals surface area contributed by atoms with Gasteiger partial charge in [0.05, 0.1) is 0 Å². The molecule has 3 N–H and O–H groups in total. The summed E-state index contributed by atoms with van der Waals surface area (Å²) in [6, 6.07) is 8.42. The highest BCUT2D eigenvalue weighted by atomic mass is 16.5. The Morgan fingerprint density at radius 3 is 2.38 bits per heavy atom. The number of ether oxygens (including phenoxy) is 1. The SMILES string of the molecule is CC1NNC(C)C1C(C)C(=O)NCc1ccccc1OC(C)(C)C. The van der Waals surface area contributed by atoms with Crippen molar-refractivity contribution in [2.75, 3.05) is 0 Å². The number of amides is 1. The Morgan fingerprint density at radius 1 is 1.21 bits per heavy atom. The van der Waals surface area contributed by atoms with E-state index in [9.17, 15) is 4.79 Å². The predicted octanol–water partition coefficient (Wildman–Crippen LogP) is 2.62. The van der Waals surface area contributed by atoms with Crippen LogP contribution >= 0.6 is 0 Å². The predicted molar refractivity (Wildman–Crippen MR) is 96.5 cm³/mol. The molecule has 0 radical (unpaired) electrons. The average Bonchev–Trinajstić information content (AvgIpc) is 2.83. The molecule has 1 fully saturated rings. The monoisotopic (exact) mass is 333 g/mol. The van der Waals surface area contributed by atoms with E-state index in [0.29, 0.717) is 6.54 Å². The molecule has 1 heterocycles. The molecule has 1 saturated heterocycles. The number of carbonyl (C=O) groups is 1. The number of benzene rings is 1. The third-order valence-corrected chi connectivity index (χ3v) is 4.53. The van der Waals surface area contributed by atoms with Crippen LogP contribution in [-0.2, 0) is 11.3 Å². The van der Waals surface area contributed by atoms with E-state index in [1.165, 1.54) is 0 Å². The first-order valence-corrected chi connectivity index (χ1v) is 8.74. The fourth-order valence-electron chi connectivity index (χ4n) is 3.35. The Hall–Kier alpha value is -1.59. The molecule has 1 aliphatic rings. The minimum absolute atomic E-state index is 0.0619. The molecule has 5 nitrogen and oxygen atoms in total. The second-order valence-corrected chi connectivity index (χ2v) is 7.77. The fraction of sp³-hybridized carbons (Fsp3) is 0.632. The van der Waals surface area contributed by atoms with Gasteiger partial charge in [0.25, 0.3) is 0 Å². The highest BCUT2D eigenvalue weighted by molar-refractivity contribution is 5.78. The largest absolute Gasteiger partial charge is 0.488 e. The first-order chi connectivity index (χ1) is 11.2. The molecule has 1 aromatic carbocycles. The van der Waals surface area contributed by atoms with Crippen LogP contribution in [-0.4, -0.2) is 23.6 Å². The van der Waals surface area contributed by atoms with E-state index < -0.39 is 0 Å². The van der Waals surface area contributed by atoms with Crippen molar-refractivity contribution in [2.45, 2.75) is 65.8 Å². The van der Waals surface area contributed by atoms with Gasteiger partial charge < -0.3 is 10.1 Å². The quantitative estimate of drug-likeness (QED) is 0.775. The number of hydrogen-bond donors (Lipinski definition) is 3. The van der Waals surface area contributed by atoms with Crippen LogP contribution in [0.4, 0.5) is 0 Å². The van der Waals surface area contributed by atoms with Crippen LogP contribution in [0.1, 0.15) is 47.1 Å². The molecule has 0 saturated carbocycles. The van der Waals surface area contributed by atoms with Crippen LogP contribution in [0.5, 0.6) is 5.75 Å². The topological polar surface area (TPSA) is 62.4 Å². The van der Waals surface area contributed by atoms with Crippen molar-refractivity contribution in [1.82, 2.24) is 16.2 Å².